The SMILES string of the molecule is CCO/N=C(\CO[Si](C)(C)C)[C@H]1CCC2C3CC[C@H]4C[C@H](O[Si](C)(C)C)CCC4C3/C(=N/OCC)C[C@@]21C. The number of hydrogen-bond acceptors (Lipinski definition) is 6. The van der Waals surface area contributed by atoms with Crippen molar-refractivity contribution >= 4 is 28.1 Å². The van der Waals surface area contributed by atoms with Crippen LogP contribution in [-0.4, -0.2) is 54.0 Å². The Balaban J connectivity index is 1.59. The Kier molecular flexibility index (Phi) is 9.58. The Bertz CT molecular complexity index is 867. The van der Waals surface area contributed by atoms with Gasteiger partial charge in [0.25, 0.3) is 0 Å². The first-order chi connectivity index (χ1) is 17.9. The summed E-state index contributed by atoms with van der Waals surface area (Å²) in [5, 5.41) is 9.59. The Hall–Kier alpha value is -0.706. The molecule has 8 heteroatoms. The van der Waals surface area contributed by atoms with Crippen LogP contribution in [-0.2, 0) is 18.5 Å². The minimum absolute atomic E-state index is 0.126. The molecule has 0 aromatic carbocycles. The highest BCUT2D eigenvalue weighted by Crippen LogP contribution is 2.63. The maximum Gasteiger partial charge on any atom is 0.184 e. The summed E-state index contributed by atoms with van der Waals surface area (Å²) in [5.41, 5.74) is 2.58. The van der Waals surface area contributed by atoms with E-state index in [0.29, 0.717) is 49.6 Å². The molecule has 4 fully saturated rings. The van der Waals surface area contributed by atoms with Crippen molar-refractivity contribution in [2.24, 2.45) is 51.2 Å². The fourth-order valence-corrected chi connectivity index (χ4v) is 10.4. The molecule has 0 aliphatic heterocycles. The smallest absolute Gasteiger partial charge is 0.184 e. The van der Waals surface area contributed by atoms with Crippen LogP contribution in [0.1, 0.15) is 72.1 Å². The first-order valence-corrected chi connectivity index (χ1v) is 22.4. The van der Waals surface area contributed by atoms with Crippen LogP contribution in [0, 0.1) is 40.9 Å². The summed E-state index contributed by atoms with van der Waals surface area (Å²) >= 11 is 0. The van der Waals surface area contributed by atoms with E-state index in [1.165, 1.54) is 50.7 Å². The van der Waals surface area contributed by atoms with E-state index in [1.807, 2.05) is 6.92 Å². The summed E-state index contributed by atoms with van der Waals surface area (Å²) in [5.74, 6) is 3.83. The summed E-state index contributed by atoms with van der Waals surface area (Å²) in [6, 6.07) is 0. The van der Waals surface area contributed by atoms with Gasteiger partial charge in [0.1, 0.15) is 13.2 Å². The molecule has 0 radical (unpaired) electrons. The van der Waals surface area contributed by atoms with Crippen LogP contribution in [0.3, 0.4) is 0 Å². The van der Waals surface area contributed by atoms with E-state index in [-0.39, 0.29) is 5.41 Å². The van der Waals surface area contributed by atoms with Crippen LogP contribution in [0.2, 0.25) is 39.3 Å². The van der Waals surface area contributed by atoms with Crippen molar-refractivity contribution in [3.05, 3.63) is 0 Å². The molecular weight excluding hydrogens is 509 g/mol. The van der Waals surface area contributed by atoms with E-state index in [2.05, 4.69) is 58.3 Å². The monoisotopic (exact) mass is 564 g/mol. The number of hydrogen-bond donors (Lipinski definition) is 0. The van der Waals surface area contributed by atoms with Crippen molar-refractivity contribution in [2.75, 3.05) is 19.8 Å². The lowest BCUT2D eigenvalue weighted by Crippen LogP contribution is -2.54. The van der Waals surface area contributed by atoms with Crippen molar-refractivity contribution in [1.82, 2.24) is 0 Å². The molecule has 4 aliphatic carbocycles. The second kappa shape index (κ2) is 12.0. The number of oxime groups is 2. The minimum atomic E-state index is -1.67. The van der Waals surface area contributed by atoms with Gasteiger partial charge in [-0.25, -0.2) is 0 Å². The Morgan fingerprint density at radius 3 is 2.24 bits per heavy atom. The van der Waals surface area contributed by atoms with Crippen molar-refractivity contribution in [1.29, 1.82) is 0 Å². The lowest BCUT2D eigenvalue weighted by molar-refractivity contribution is -0.0246. The van der Waals surface area contributed by atoms with Gasteiger partial charge in [0, 0.05) is 17.9 Å². The van der Waals surface area contributed by atoms with Gasteiger partial charge in [-0.1, -0.05) is 17.2 Å². The molecule has 4 aliphatic rings. The van der Waals surface area contributed by atoms with Gasteiger partial charge in [0.2, 0.25) is 0 Å². The quantitative estimate of drug-likeness (QED) is 0.155. The number of fused-ring (bicyclic) bond motifs is 5. The predicted molar refractivity (Wildman–Crippen MR) is 162 cm³/mol. The minimum Gasteiger partial charge on any atom is -0.415 e. The zero-order valence-corrected chi connectivity index (χ0v) is 27.8. The molecule has 0 amide bonds. The third kappa shape index (κ3) is 6.77. The highest BCUT2D eigenvalue weighted by molar-refractivity contribution is 6.70. The molecule has 0 bridgehead atoms. The maximum absolute atomic E-state index is 6.61. The Morgan fingerprint density at radius 2 is 1.58 bits per heavy atom. The van der Waals surface area contributed by atoms with E-state index < -0.39 is 16.6 Å². The molecule has 0 spiro atoms. The largest absolute Gasteiger partial charge is 0.415 e. The van der Waals surface area contributed by atoms with Crippen molar-refractivity contribution in [2.45, 2.75) is 118 Å². The van der Waals surface area contributed by atoms with Crippen LogP contribution in [0.5, 0.6) is 0 Å². The standard InChI is InChI=1S/C30H56N2O4Si2/c1-10-33-31-27-19-30(3)25(16-17-26(30)28(32-34-11-2)20-35-37(4,5)6)24-14-12-21-18-22(36-38(7,8)9)13-15-23(21)29(24)27/h21-26,29H,10-20H2,1-9H3/b31-27+,32-28+/t21-,22+,23?,24?,25?,26+,29?,30-/m0/s1. The van der Waals surface area contributed by atoms with E-state index in [4.69, 9.17) is 23.7 Å². The fourth-order valence-electron chi connectivity index (χ4n) is 8.65. The average Bonchev–Trinajstić information content (AvgIpc) is 3.17. The topological polar surface area (TPSA) is 61.6 Å². The van der Waals surface area contributed by atoms with Gasteiger partial charge in [-0.05, 0) is 134 Å². The van der Waals surface area contributed by atoms with Gasteiger partial charge in [0.05, 0.1) is 18.0 Å². The van der Waals surface area contributed by atoms with Crippen LogP contribution < -0.4 is 0 Å². The summed E-state index contributed by atoms with van der Waals surface area (Å²) in [6.07, 6.45) is 10.3. The van der Waals surface area contributed by atoms with E-state index in [1.54, 1.807) is 0 Å². The van der Waals surface area contributed by atoms with Crippen LogP contribution in [0.15, 0.2) is 10.3 Å². The summed E-state index contributed by atoms with van der Waals surface area (Å²) in [7, 11) is -3.18. The molecule has 0 N–H and O–H groups in total. The lowest BCUT2D eigenvalue weighted by Gasteiger charge is -2.56. The molecule has 218 valence electrons. The van der Waals surface area contributed by atoms with Crippen molar-refractivity contribution in [3.63, 3.8) is 0 Å². The Labute approximate surface area is 234 Å². The molecule has 4 rings (SSSR count). The lowest BCUT2D eigenvalue weighted by atomic mass is 9.49. The summed E-state index contributed by atoms with van der Waals surface area (Å²) in [6.45, 7) is 22.2. The molecule has 0 aromatic heterocycles. The molecule has 4 saturated carbocycles. The highest BCUT2D eigenvalue weighted by Gasteiger charge is 2.60. The third-order valence-corrected chi connectivity index (χ3v) is 11.9. The van der Waals surface area contributed by atoms with Crippen LogP contribution in [0.4, 0.5) is 0 Å². The van der Waals surface area contributed by atoms with E-state index in [9.17, 15) is 0 Å². The van der Waals surface area contributed by atoms with Crippen LogP contribution in [0.25, 0.3) is 0 Å². The number of rotatable bonds is 10. The van der Waals surface area contributed by atoms with Gasteiger partial charge in [-0.15, -0.1) is 0 Å². The maximum atomic E-state index is 6.61. The first kappa shape index (κ1) is 30.3. The van der Waals surface area contributed by atoms with E-state index in [0.717, 1.165) is 24.0 Å². The zero-order chi connectivity index (χ0) is 27.7. The zero-order valence-electron chi connectivity index (χ0n) is 25.8. The molecule has 8 atom stereocenters. The van der Waals surface area contributed by atoms with Gasteiger partial charge in [0.15, 0.2) is 16.6 Å². The van der Waals surface area contributed by atoms with Crippen molar-refractivity contribution < 1.29 is 18.5 Å². The normalized spacial score (nSPS) is 38.9. The molecule has 0 heterocycles. The predicted octanol–water partition coefficient (Wildman–Crippen LogP) is 7.72. The van der Waals surface area contributed by atoms with Gasteiger partial charge >= 0.3 is 0 Å². The van der Waals surface area contributed by atoms with Crippen molar-refractivity contribution in [3.8, 4) is 0 Å². The second-order valence-corrected chi connectivity index (χ2v) is 23.7. The molecule has 0 aromatic rings. The highest BCUT2D eigenvalue weighted by atomic mass is 28.4. The molecule has 4 unspecified atom stereocenters. The molecule has 6 nitrogen and oxygen atoms in total. The van der Waals surface area contributed by atoms with Gasteiger partial charge in [-0.2, -0.15) is 0 Å². The van der Waals surface area contributed by atoms with Gasteiger partial charge in [-0.3, -0.25) is 0 Å². The first-order valence-electron chi connectivity index (χ1n) is 15.6. The molecule has 0 saturated heterocycles. The number of nitrogens with zero attached hydrogens (tertiary/aromatic N) is 2. The molecular formula is C30H56N2O4Si2. The summed E-state index contributed by atoms with van der Waals surface area (Å²) < 4.78 is 13.0. The second-order valence-electron chi connectivity index (χ2n) is 14.7. The fraction of sp³-hybridized carbons (Fsp3) is 0.933. The third-order valence-electron chi connectivity index (χ3n) is 9.86. The Morgan fingerprint density at radius 1 is 0.868 bits per heavy atom. The summed E-state index contributed by atoms with van der Waals surface area (Å²) in [4.78, 5) is 11.5. The van der Waals surface area contributed by atoms with Gasteiger partial charge < -0.3 is 18.5 Å². The van der Waals surface area contributed by atoms with E-state index >= 15 is 0 Å². The van der Waals surface area contributed by atoms with Crippen LogP contribution >= 0.6 is 0 Å². The molecule has 38 heavy (non-hydrogen) atoms. The average molecular weight is 565 g/mol.